The van der Waals surface area contributed by atoms with Gasteiger partial charge in [-0.25, -0.2) is 4.98 Å². The van der Waals surface area contributed by atoms with Crippen LogP contribution in [0.1, 0.15) is 54.4 Å². The molecule has 0 bridgehead atoms. The minimum Gasteiger partial charge on any atom is -0.371 e. The van der Waals surface area contributed by atoms with Gasteiger partial charge >= 0.3 is 0 Å². The first-order chi connectivity index (χ1) is 15.6. The molecule has 1 aromatic carbocycles. The number of aromatic nitrogens is 2. The first kappa shape index (κ1) is 22.4. The molecule has 3 heterocycles. The molecule has 32 heavy (non-hydrogen) atoms. The lowest BCUT2D eigenvalue weighted by Gasteiger charge is -2.34. The minimum atomic E-state index is 0.0627. The third-order valence-corrected chi connectivity index (χ3v) is 6.76. The summed E-state index contributed by atoms with van der Waals surface area (Å²) < 4.78 is 1.95. The lowest BCUT2D eigenvalue weighted by atomic mass is 9.93. The maximum atomic E-state index is 13.4. The molecule has 7 nitrogen and oxygen atoms in total. The Hall–Kier alpha value is -2.83. The van der Waals surface area contributed by atoms with Crippen molar-refractivity contribution in [3.8, 4) is 0 Å². The molecule has 1 aromatic heterocycles. The number of anilines is 1. The van der Waals surface area contributed by atoms with Gasteiger partial charge in [-0.05, 0) is 62.6 Å². The van der Waals surface area contributed by atoms with E-state index < -0.39 is 0 Å². The Morgan fingerprint density at radius 1 is 1.12 bits per heavy atom. The SMILES string of the molecule is Cc1c(C(=O)N2CCC[C@H](CC(=O)NCCn3ccnc3)C2)cccc1N1CCCCC1. The van der Waals surface area contributed by atoms with Crippen LogP contribution in [-0.2, 0) is 11.3 Å². The molecule has 0 radical (unpaired) electrons. The zero-order chi connectivity index (χ0) is 22.3. The summed E-state index contributed by atoms with van der Waals surface area (Å²) in [7, 11) is 0. The highest BCUT2D eigenvalue weighted by Gasteiger charge is 2.27. The van der Waals surface area contributed by atoms with Gasteiger partial charge in [-0.1, -0.05) is 6.07 Å². The van der Waals surface area contributed by atoms with Crippen molar-refractivity contribution < 1.29 is 9.59 Å². The van der Waals surface area contributed by atoms with E-state index in [2.05, 4.69) is 28.2 Å². The highest BCUT2D eigenvalue weighted by atomic mass is 16.2. The number of likely N-dealkylation sites (tertiary alicyclic amines) is 1. The molecule has 4 rings (SSSR count). The maximum Gasteiger partial charge on any atom is 0.254 e. The normalized spacial score (nSPS) is 19.1. The second-order valence-corrected chi connectivity index (χ2v) is 9.11. The number of carbonyl (C=O) groups excluding carboxylic acids is 2. The van der Waals surface area contributed by atoms with E-state index in [9.17, 15) is 9.59 Å². The molecule has 7 heteroatoms. The lowest BCUT2D eigenvalue weighted by molar-refractivity contribution is -0.122. The van der Waals surface area contributed by atoms with E-state index in [-0.39, 0.29) is 17.7 Å². The van der Waals surface area contributed by atoms with E-state index in [0.717, 1.165) is 43.6 Å². The van der Waals surface area contributed by atoms with Crippen molar-refractivity contribution in [3.05, 3.63) is 48.0 Å². The molecular weight excluding hydrogens is 402 g/mol. The third kappa shape index (κ3) is 5.50. The molecule has 2 amide bonds. The van der Waals surface area contributed by atoms with Gasteiger partial charge in [0.2, 0.25) is 5.91 Å². The van der Waals surface area contributed by atoms with Gasteiger partial charge in [-0.15, -0.1) is 0 Å². The van der Waals surface area contributed by atoms with Gasteiger partial charge in [0.15, 0.2) is 0 Å². The predicted molar refractivity (Wildman–Crippen MR) is 126 cm³/mol. The maximum absolute atomic E-state index is 13.4. The largest absolute Gasteiger partial charge is 0.371 e. The fourth-order valence-corrected chi connectivity index (χ4v) is 5.00. The Kier molecular flexibility index (Phi) is 7.45. The lowest BCUT2D eigenvalue weighted by Crippen LogP contribution is -2.42. The van der Waals surface area contributed by atoms with Crippen LogP contribution >= 0.6 is 0 Å². The molecule has 0 aliphatic carbocycles. The van der Waals surface area contributed by atoms with Gasteiger partial charge in [0.1, 0.15) is 0 Å². The molecule has 2 saturated heterocycles. The van der Waals surface area contributed by atoms with Crippen molar-refractivity contribution in [2.45, 2.75) is 52.0 Å². The van der Waals surface area contributed by atoms with Crippen LogP contribution in [0.3, 0.4) is 0 Å². The number of amides is 2. The first-order valence-electron chi connectivity index (χ1n) is 12.0. The first-order valence-corrected chi connectivity index (χ1v) is 12.0. The number of nitrogens with zero attached hydrogens (tertiary/aromatic N) is 4. The second kappa shape index (κ2) is 10.7. The molecular formula is C25H35N5O2. The van der Waals surface area contributed by atoms with E-state index in [1.54, 1.807) is 12.5 Å². The molecule has 1 N–H and O–H groups in total. The van der Waals surface area contributed by atoms with Crippen molar-refractivity contribution in [2.75, 3.05) is 37.6 Å². The monoisotopic (exact) mass is 437 g/mol. The Morgan fingerprint density at radius 3 is 2.75 bits per heavy atom. The van der Waals surface area contributed by atoms with Gasteiger partial charge in [0.05, 0.1) is 6.33 Å². The van der Waals surface area contributed by atoms with Gasteiger partial charge in [0.25, 0.3) is 5.91 Å². The molecule has 1 atom stereocenters. The number of carbonyl (C=O) groups is 2. The van der Waals surface area contributed by atoms with E-state index in [0.29, 0.717) is 26.1 Å². The van der Waals surface area contributed by atoms with E-state index in [4.69, 9.17) is 0 Å². The Bertz CT molecular complexity index is 905. The summed E-state index contributed by atoms with van der Waals surface area (Å²) in [5.41, 5.74) is 3.08. The Morgan fingerprint density at radius 2 is 1.97 bits per heavy atom. The van der Waals surface area contributed by atoms with Crippen LogP contribution in [0.2, 0.25) is 0 Å². The molecule has 2 aliphatic heterocycles. The predicted octanol–water partition coefficient (Wildman–Crippen LogP) is 3.24. The number of hydrogen-bond donors (Lipinski definition) is 1. The average Bonchev–Trinajstić information content (AvgIpc) is 3.33. The van der Waals surface area contributed by atoms with E-state index >= 15 is 0 Å². The number of nitrogens with one attached hydrogen (secondary N) is 1. The molecule has 0 unspecified atom stereocenters. The summed E-state index contributed by atoms with van der Waals surface area (Å²) in [6, 6.07) is 6.11. The highest BCUT2D eigenvalue weighted by molar-refractivity contribution is 5.97. The molecule has 0 spiro atoms. The zero-order valence-electron chi connectivity index (χ0n) is 19.1. The van der Waals surface area contributed by atoms with Crippen LogP contribution in [0.15, 0.2) is 36.9 Å². The quantitative estimate of drug-likeness (QED) is 0.722. The summed E-state index contributed by atoms with van der Waals surface area (Å²) in [6.07, 6.45) is 11.5. The van der Waals surface area contributed by atoms with Crippen LogP contribution < -0.4 is 10.2 Å². The smallest absolute Gasteiger partial charge is 0.254 e. The third-order valence-electron chi connectivity index (χ3n) is 6.76. The van der Waals surface area contributed by atoms with Crippen LogP contribution in [0.4, 0.5) is 5.69 Å². The fourth-order valence-electron chi connectivity index (χ4n) is 5.00. The fraction of sp³-hybridized carbons (Fsp3) is 0.560. The number of imidazole rings is 1. The van der Waals surface area contributed by atoms with Crippen LogP contribution in [0.25, 0.3) is 0 Å². The zero-order valence-corrected chi connectivity index (χ0v) is 19.1. The average molecular weight is 438 g/mol. The number of hydrogen-bond acceptors (Lipinski definition) is 4. The summed E-state index contributed by atoms with van der Waals surface area (Å²) in [6.45, 7) is 6.94. The van der Waals surface area contributed by atoms with Gasteiger partial charge < -0.3 is 19.7 Å². The number of piperidine rings is 2. The Balaban J connectivity index is 1.32. The van der Waals surface area contributed by atoms with Crippen molar-refractivity contribution >= 4 is 17.5 Å². The standard InChI is InChI=1S/C25H35N5O2/c1-20-22(8-5-9-23(20)29-12-3-2-4-13-29)25(32)30-14-6-7-21(18-30)17-24(31)27-11-16-28-15-10-26-19-28/h5,8-10,15,19,21H,2-4,6-7,11-14,16-18H2,1H3,(H,27,31)/t21-/m1/s1. The summed E-state index contributed by atoms with van der Waals surface area (Å²) in [4.78, 5) is 34.2. The van der Waals surface area contributed by atoms with Crippen molar-refractivity contribution in [1.29, 1.82) is 0 Å². The number of rotatable bonds is 7. The van der Waals surface area contributed by atoms with Gasteiger partial charge in [-0.2, -0.15) is 0 Å². The Labute approximate surface area is 190 Å². The topological polar surface area (TPSA) is 70.5 Å². The summed E-state index contributed by atoms with van der Waals surface area (Å²) in [5.74, 6) is 0.380. The molecule has 2 fully saturated rings. The van der Waals surface area contributed by atoms with Crippen molar-refractivity contribution in [2.24, 2.45) is 5.92 Å². The molecule has 2 aromatic rings. The summed E-state index contributed by atoms with van der Waals surface area (Å²) >= 11 is 0. The minimum absolute atomic E-state index is 0.0627. The van der Waals surface area contributed by atoms with E-state index in [1.165, 1.54) is 24.9 Å². The molecule has 2 aliphatic rings. The molecule has 172 valence electrons. The highest BCUT2D eigenvalue weighted by Crippen LogP contribution is 2.28. The molecule has 0 saturated carbocycles. The second-order valence-electron chi connectivity index (χ2n) is 9.11. The number of benzene rings is 1. The van der Waals surface area contributed by atoms with E-state index in [1.807, 2.05) is 27.8 Å². The van der Waals surface area contributed by atoms with Crippen LogP contribution in [0.5, 0.6) is 0 Å². The van der Waals surface area contributed by atoms with Crippen LogP contribution in [0, 0.1) is 12.8 Å². The van der Waals surface area contributed by atoms with Gasteiger partial charge in [-0.3, -0.25) is 9.59 Å². The summed E-state index contributed by atoms with van der Waals surface area (Å²) in [5, 5.41) is 3.00. The van der Waals surface area contributed by atoms with Crippen molar-refractivity contribution in [3.63, 3.8) is 0 Å². The van der Waals surface area contributed by atoms with Gasteiger partial charge in [0, 0.05) is 69.3 Å². The van der Waals surface area contributed by atoms with Crippen LogP contribution in [-0.4, -0.2) is 59.0 Å². The van der Waals surface area contributed by atoms with Crippen molar-refractivity contribution in [1.82, 2.24) is 19.8 Å².